The summed E-state index contributed by atoms with van der Waals surface area (Å²) in [6, 6.07) is 5.98. The lowest BCUT2D eigenvalue weighted by molar-refractivity contribution is 1.04. The number of aromatic nitrogens is 3. The predicted octanol–water partition coefficient (Wildman–Crippen LogP) is 2.10. The molecule has 2 aromatic rings. The zero-order chi connectivity index (χ0) is 11.4. The number of hydrogen-bond acceptors (Lipinski definition) is 4. The number of hydrogen-bond donors (Lipinski definition) is 1. The Balaban J connectivity index is 1.99. The molecule has 0 aromatic carbocycles. The number of anilines is 1. The molecule has 82 valence electrons. The van der Waals surface area contributed by atoms with Gasteiger partial charge in [0.25, 0.3) is 0 Å². The second kappa shape index (κ2) is 4.70. The molecule has 0 atom stereocenters. The summed E-state index contributed by atoms with van der Waals surface area (Å²) in [5.74, 6) is 0.841. The highest BCUT2D eigenvalue weighted by Crippen LogP contribution is 2.06. The Labute approximate surface area is 94.8 Å². The molecule has 0 unspecified atom stereocenters. The molecule has 0 fully saturated rings. The van der Waals surface area contributed by atoms with Gasteiger partial charge >= 0.3 is 0 Å². The van der Waals surface area contributed by atoms with Crippen molar-refractivity contribution in [3.63, 3.8) is 0 Å². The summed E-state index contributed by atoms with van der Waals surface area (Å²) in [5.41, 5.74) is 3.13. The Morgan fingerprint density at radius 1 is 1.06 bits per heavy atom. The lowest BCUT2D eigenvalue weighted by atomic mass is 10.2. The highest BCUT2D eigenvalue weighted by molar-refractivity contribution is 5.35. The molecule has 2 rings (SSSR count). The van der Waals surface area contributed by atoms with E-state index in [4.69, 9.17) is 0 Å². The highest BCUT2D eigenvalue weighted by atomic mass is 15.0. The summed E-state index contributed by atoms with van der Waals surface area (Å²) < 4.78 is 0. The molecule has 0 amide bonds. The fraction of sp³-hybridized carbons (Fsp3) is 0.250. The van der Waals surface area contributed by atoms with Crippen molar-refractivity contribution in [1.29, 1.82) is 0 Å². The summed E-state index contributed by atoms with van der Waals surface area (Å²) >= 11 is 0. The van der Waals surface area contributed by atoms with Gasteiger partial charge in [-0.1, -0.05) is 6.07 Å². The molecule has 4 nitrogen and oxygen atoms in total. The maximum atomic E-state index is 4.24. The number of pyridine rings is 1. The number of rotatable bonds is 3. The molecule has 0 radical (unpaired) electrons. The van der Waals surface area contributed by atoms with Crippen LogP contribution in [0.25, 0.3) is 0 Å². The quantitative estimate of drug-likeness (QED) is 0.850. The van der Waals surface area contributed by atoms with Crippen LogP contribution in [0.15, 0.2) is 30.7 Å². The van der Waals surface area contributed by atoms with Gasteiger partial charge in [0.05, 0.1) is 0 Å². The van der Waals surface area contributed by atoms with Crippen LogP contribution in [0.1, 0.15) is 17.0 Å². The van der Waals surface area contributed by atoms with E-state index in [1.807, 2.05) is 32.2 Å². The maximum absolute atomic E-state index is 4.24. The van der Waals surface area contributed by atoms with E-state index >= 15 is 0 Å². The second-order valence-electron chi connectivity index (χ2n) is 3.71. The van der Waals surface area contributed by atoms with Crippen molar-refractivity contribution in [1.82, 2.24) is 15.0 Å². The Kier molecular flexibility index (Phi) is 3.10. The zero-order valence-electron chi connectivity index (χ0n) is 9.44. The minimum Gasteiger partial charge on any atom is -0.366 e. The summed E-state index contributed by atoms with van der Waals surface area (Å²) in [5, 5.41) is 3.23. The first kappa shape index (κ1) is 10.5. The largest absolute Gasteiger partial charge is 0.366 e. The van der Waals surface area contributed by atoms with Crippen LogP contribution in [-0.2, 0) is 6.54 Å². The van der Waals surface area contributed by atoms with Gasteiger partial charge in [0.1, 0.15) is 12.1 Å². The van der Waals surface area contributed by atoms with Gasteiger partial charge in [-0.3, -0.25) is 4.98 Å². The van der Waals surface area contributed by atoms with Crippen LogP contribution >= 0.6 is 0 Å². The number of aryl methyl sites for hydroxylation is 2. The normalized spacial score (nSPS) is 10.1. The molecule has 0 saturated carbocycles. The lowest BCUT2D eigenvalue weighted by Crippen LogP contribution is -2.02. The van der Waals surface area contributed by atoms with Crippen LogP contribution in [0.5, 0.6) is 0 Å². The fourth-order valence-electron chi connectivity index (χ4n) is 1.35. The molecule has 0 aliphatic rings. The number of nitrogens with one attached hydrogen (secondary N) is 1. The third-order valence-corrected chi connectivity index (χ3v) is 2.25. The van der Waals surface area contributed by atoms with Crippen LogP contribution < -0.4 is 5.32 Å². The summed E-state index contributed by atoms with van der Waals surface area (Å²) in [7, 11) is 0. The van der Waals surface area contributed by atoms with Crippen molar-refractivity contribution in [2.75, 3.05) is 5.32 Å². The first-order valence-electron chi connectivity index (χ1n) is 5.18. The standard InChI is InChI=1S/C12H14N4/c1-9-3-4-11(6-13-9)7-14-12-5-10(2)15-8-16-12/h3-6,8H,7H2,1-2H3,(H,14,15,16). The molecule has 2 heterocycles. The van der Waals surface area contributed by atoms with Gasteiger partial charge < -0.3 is 5.32 Å². The predicted molar refractivity (Wildman–Crippen MR) is 63.1 cm³/mol. The van der Waals surface area contributed by atoms with Crippen LogP contribution in [0.4, 0.5) is 5.82 Å². The molecule has 1 N–H and O–H groups in total. The Hall–Kier alpha value is -1.97. The molecular formula is C12H14N4. The molecular weight excluding hydrogens is 200 g/mol. The average Bonchev–Trinajstić information content (AvgIpc) is 2.28. The van der Waals surface area contributed by atoms with Crippen LogP contribution in [0.3, 0.4) is 0 Å². The average molecular weight is 214 g/mol. The van der Waals surface area contributed by atoms with Crippen LogP contribution in [0, 0.1) is 13.8 Å². The van der Waals surface area contributed by atoms with Gasteiger partial charge in [-0.05, 0) is 25.5 Å². The Morgan fingerprint density at radius 3 is 2.62 bits per heavy atom. The second-order valence-corrected chi connectivity index (χ2v) is 3.71. The van der Waals surface area contributed by atoms with Crippen molar-refractivity contribution >= 4 is 5.82 Å². The van der Waals surface area contributed by atoms with Crippen molar-refractivity contribution in [3.8, 4) is 0 Å². The van der Waals surface area contributed by atoms with Gasteiger partial charge in [0.15, 0.2) is 0 Å². The molecule has 0 bridgehead atoms. The van der Waals surface area contributed by atoms with E-state index in [2.05, 4.69) is 26.3 Å². The molecule has 0 aliphatic carbocycles. The summed E-state index contributed by atoms with van der Waals surface area (Å²) in [6.07, 6.45) is 3.43. The number of nitrogens with zero attached hydrogens (tertiary/aromatic N) is 3. The van der Waals surface area contributed by atoms with Gasteiger partial charge in [0.2, 0.25) is 0 Å². The van der Waals surface area contributed by atoms with Crippen LogP contribution in [0.2, 0.25) is 0 Å². The van der Waals surface area contributed by atoms with E-state index in [9.17, 15) is 0 Å². The fourth-order valence-corrected chi connectivity index (χ4v) is 1.35. The molecule has 0 spiro atoms. The van der Waals surface area contributed by atoms with E-state index < -0.39 is 0 Å². The Morgan fingerprint density at radius 2 is 1.94 bits per heavy atom. The molecule has 4 heteroatoms. The molecule has 16 heavy (non-hydrogen) atoms. The maximum Gasteiger partial charge on any atom is 0.129 e. The van der Waals surface area contributed by atoms with Crippen molar-refractivity contribution in [3.05, 3.63) is 47.7 Å². The molecule has 0 aliphatic heterocycles. The third-order valence-electron chi connectivity index (χ3n) is 2.25. The smallest absolute Gasteiger partial charge is 0.129 e. The minimum absolute atomic E-state index is 0.726. The first-order chi connectivity index (χ1) is 7.74. The minimum atomic E-state index is 0.726. The van der Waals surface area contributed by atoms with Gasteiger partial charge in [0, 0.05) is 30.2 Å². The SMILES string of the molecule is Cc1ccc(CNc2cc(C)ncn2)cn1. The summed E-state index contributed by atoms with van der Waals surface area (Å²) in [4.78, 5) is 12.4. The van der Waals surface area contributed by atoms with E-state index in [-0.39, 0.29) is 0 Å². The Bertz CT molecular complexity index is 465. The third kappa shape index (κ3) is 2.76. The molecule has 2 aromatic heterocycles. The van der Waals surface area contributed by atoms with Gasteiger partial charge in [-0.25, -0.2) is 9.97 Å². The summed E-state index contributed by atoms with van der Waals surface area (Å²) in [6.45, 7) is 4.65. The van der Waals surface area contributed by atoms with Crippen molar-refractivity contribution in [2.24, 2.45) is 0 Å². The van der Waals surface area contributed by atoms with Crippen molar-refractivity contribution < 1.29 is 0 Å². The molecule has 0 saturated heterocycles. The van der Waals surface area contributed by atoms with Gasteiger partial charge in [-0.2, -0.15) is 0 Å². The van der Waals surface area contributed by atoms with Gasteiger partial charge in [-0.15, -0.1) is 0 Å². The van der Waals surface area contributed by atoms with E-state index in [0.717, 1.165) is 29.3 Å². The van der Waals surface area contributed by atoms with E-state index in [1.165, 1.54) is 0 Å². The van der Waals surface area contributed by atoms with E-state index in [0.29, 0.717) is 0 Å². The first-order valence-corrected chi connectivity index (χ1v) is 5.18. The van der Waals surface area contributed by atoms with E-state index in [1.54, 1.807) is 6.33 Å². The monoisotopic (exact) mass is 214 g/mol. The topological polar surface area (TPSA) is 50.7 Å². The van der Waals surface area contributed by atoms with Crippen molar-refractivity contribution in [2.45, 2.75) is 20.4 Å². The zero-order valence-corrected chi connectivity index (χ0v) is 9.44. The highest BCUT2D eigenvalue weighted by Gasteiger charge is 1.96. The van der Waals surface area contributed by atoms with Crippen LogP contribution in [-0.4, -0.2) is 15.0 Å². The lowest BCUT2D eigenvalue weighted by Gasteiger charge is -2.05.